The molecule has 3 nitrogen and oxygen atoms in total. The van der Waals surface area contributed by atoms with Crippen molar-refractivity contribution in [3.63, 3.8) is 0 Å². The third-order valence-corrected chi connectivity index (χ3v) is 10.9. The molecule has 2 aromatic carbocycles. The van der Waals surface area contributed by atoms with Crippen LogP contribution < -0.4 is 5.30 Å². The van der Waals surface area contributed by atoms with Gasteiger partial charge in [0.15, 0.2) is 0 Å². The standard InChI is InChI=1S/C17H22N3PSe/c1-19(2)17(18-15-11-7-5-8-12-15)21(22,20(3)4)16-13-9-6-10-14-16/h5-14H,1-4H3. The van der Waals surface area contributed by atoms with Crippen LogP contribution in [0.1, 0.15) is 0 Å². The molecule has 2 rings (SSSR count). The Hall–Kier alpha value is -1.18. The van der Waals surface area contributed by atoms with E-state index < -0.39 is 5.66 Å². The molecule has 0 bridgehead atoms. The molecular formula is C17H22N3PSe. The number of hydrogen-bond donors (Lipinski definition) is 0. The first kappa shape index (κ1) is 17.2. The number of hydrogen-bond acceptors (Lipinski definition) is 2. The Labute approximate surface area is 140 Å². The molecule has 0 amide bonds. The van der Waals surface area contributed by atoms with Crippen molar-refractivity contribution in [2.24, 2.45) is 4.99 Å². The summed E-state index contributed by atoms with van der Waals surface area (Å²) in [7, 11) is 8.34. The van der Waals surface area contributed by atoms with Crippen molar-refractivity contribution in [1.29, 1.82) is 0 Å². The van der Waals surface area contributed by atoms with Crippen LogP contribution >= 0.6 is 5.66 Å². The van der Waals surface area contributed by atoms with Gasteiger partial charge in [0.05, 0.1) is 0 Å². The first-order valence-electron chi connectivity index (χ1n) is 7.11. The Morgan fingerprint density at radius 1 is 0.864 bits per heavy atom. The number of amidine groups is 1. The van der Waals surface area contributed by atoms with Gasteiger partial charge in [-0.2, -0.15) is 0 Å². The topological polar surface area (TPSA) is 18.8 Å². The van der Waals surface area contributed by atoms with E-state index in [1.54, 1.807) is 0 Å². The number of nitrogens with zero attached hydrogens (tertiary/aromatic N) is 3. The van der Waals surface area contributed by atoms with Crippen LogP contribution in [-0.2, 0) is 0 Å². The van der Waals surface area contributed by atoms with Crippen LogP contribution in [0.25, 0.3) is 0 Å². The number of para-hydroxylation sites is 1. The predicted molar refractivity (Wildman–Crippen MR) is 99.7 cm³/mol. The van der Waals surface area contributed by atoms with Crippen molar-refractivity contribution >= 4 is 37.3 Å². The fourth-order valence-electron chi connectivity index (χ4n) is 2.21. The zero-order valence-corrected chi connectivity index (χ0v) is 16.1. The predicted octanol–water partition coefficient (Wildman–Crippen LogP) is 3.14. The zero-order valence-electron chi connectivity index (χ0n) is 13.5. The normalized spacial score (nSPS) is 14.7. The number of aliphatic imine (C=N–C) groups is 1. The second kappa shape index (κ2) is 7.39. The van der Waals surface area contributed by atoms with Crippen molar-refractivity contribution in [3.8, 4) is 0 Å². The van der Waals surface area contributed by atoms with Gasteiger partial charge in [-0.15, -0.1) is 0 Å². The van der Waals surface area contributed by atoms with E-state index in [4.69, 9.17) is 4.99 Å². The van der Waals surface area contributed by atoms with Crippen molar-refractivity contribution in [2.45, 2.75) is 0 Å². The Bertz CT molecular complexity index is 682. The molecule has 116 valence electrons. The molecule has 0 aliphatic heterocycles. The van der Waals surface area contributed by atoms with Gasteiger partial charge in [-0.3, -0.25) is 0 Å². The summed E-state index contributed by atoms with van der Waals surface area (Å²) in [5, 5.41) is 1.28. The minimum atomic E-state index is -1.84. The molecule has 5 heteroatoms. The van der Waals surface area contributed by atoms with Crippen LogP contribution in [0, 0.1) is 0 Å². The molecular weight excluding hydrogens is 356 g/mol. The fraction of sp³-hybridized carbons (Fsp3) is 0.235. The van der Waals surface area contributed by atoms with Gasteiger partial charge in [0.2, 0.25) is 0 Å². The van der Waals surface area contributed by atoms with Crippen molar-refractivity contribution in [2.75, 3.05) is 28.2 Å². The molecule has 2 aromatic rings. The summed E-state index contributed by atoms with van der Waals surface area (Å²) in [6.45, 7) is 0. The Balaban J connectivity index is 2.62. The van der Waals surface area contributed by atoms with E-state index in [9.17, 15) is 0 Å². The number of rotatable bonds is 4. The van der Waals surface area contributed by atoms with Crippen LogP contribution in [-0.4, -0.2) is 58.4 Å². The summed E-state index contributed by atoms with van der Waals surface area (Å²) in [6, 6.07) is 20.7. The van der Waals surface area contributed by atoms with E-state index in [0.29, 0.717) is 0 Å². The van der Waals surface area contributed by atoms with Gasteiger partial charge < -0.3 is 0 Å². The van der Waals surface area contributed by atoms with Crippen LogP contribution in [0.15, 0.2) is 65.7 Å². The molecule has 0 spiro atoms. The minimum absolute atomic E-state index is 0.976. The molecule has 0 heterocycles. The molecule has 1 atom stereocenters. The van der Waals surface area contributed by atoms with Gasteiger partial charge in [0.25, 0.3) is 0 Å². The van der Waals surface area contributed by atoms with Crippen LogP contribution in [0.3, 0.4) is 0 Å². The molecule has 0 fully saturated rings. The van der Waals surface area contributed by atoms with Gasteiger partial charge in [-0.1, -0.05) is 0 Å². The van der Waals surface area contributed by atoms with Crippen LogP contribution in [0.5, 0.6) is 0 Å². The zero-order chi connectivity index (χ0) is 16.2. The van der Waals surface area contributed by atoms with Crippen molar-refractivity contribution in [1.82, 2.24) is 9.57 Å². The summed E-state index contributed by atoms with van der Waals surface area (Å²) >= 11 is 3.47. The molecule has 0 radical (unpaired) electrons. The molecule has 0 N–H and O–H groups in total. The van der Waals surface area contributed by atoms with E-state index in [2.05, 4.69) is 77.1 Å². The maximum absolute atomic E-state index is 4.95. The van der Waals surface area contributed by atoms with Crippen LogP contribution in [0.2, 0.25) is 0 Å². The second-order valence-electron chi connectivity index (χ2n) is 5.40. The van der Waals surface area contributed by atoms with E-state index >= 15 is 0 Å². The average molecular weight is 378 g/mol. The molecule has 1 unspecified atom stereocenters. The number of benzene rings is 2. The SMILES string of the molecule is CN(C)C(=Nc1ccccc1)P(=[Se])(c1ccccc1)N(C)C. The molecule has 0 aromatic heterocycles. The van der Waals surface area contributed by atoms with E-state index in [-0.39, 0.29) is 0 Å². The van der Waals surface area contributed by atoms with E-state index in [0.717, 1.165) is 11.3 Å². The maximum atomic E-state index is 4.95. The second-order valence-corrected chi connectivity index (χ2v) is 11.6. The molecule has 0 saturated carbocycles. The third kappa shape index (κ3) is 3.59. The monoisotopic (exact) mass is 379 g/mol. The van der Waals surface area contributed by atoms with Crippen LogP contribution in [0.4, 0.5) is 5.69 Å². The average Bonchev–Trinajstić information content (AvgIpc) is 2.53. The first-order valence-corrected chi connectivity index (χ1v) is 11.1. The van der Waals surface area contributed by atoms with Gasteiger partial charge in [0, 0.05) is 0 Å². The van der Waals surface area contributed by atoms with Gasteiger partial charge in [0.1, 0.15) is 0 Å². The molecule has 0 aliphatic carbocycles. The van der Waals surface area contributed by atoms with Gasteiger partial charge in [-0.05, 0) is 0 Å². The van der Waals surface area contributed by atoms with Crippen molar-refractivity contribution in [3.05, 3.63) is 60.7 Å². The third-order valence-electron chi connectivity index (χ3n) is 3.33. The molecule has 0 saturated heterocycles. The first-order chi connectivity index (χ1) is 10.5. The quantitative estimate of drug-likeness (QED) is 0.352. The molecule has 0 aliphatic rings. The Morgan fingerprint density at radius 3 is 1.82 bits per heavy atom. The van der Waals surface area contributed by atoms with Gasteiger partial charge in [-0.25, -0.2) is 0 Å². The Morgan fingerprint density at radius 2 is 1.36 bits per heavy atom. The summed E-state index contributed by atoms with van der Waals surface area (Å²) in [5.41, 5.74) is 0.199. The van der Waals surface area contributed by atoms with Crippen molar-refractivity contribution < 1.29 is 0 Å². The van der Waals surface area contributed by atoms with E-state index in [1.165, 1.54) is 5.30 Å². The van der Waals surface area contributed by atoms with Gasteiger partial charge >= 0.3 is 141 Å². The summed E-state index contributed by atoms with van der Waals surface area (Å²) in [4.78, 5) is 7.06. The fourth-order valence-corrected chi connectivity index (χ4v) is 6.68. The Kier molecular flexibility index (Phi) is 5.77. The summed E-state index contributed by atoms with van der Waals surface area (Å²) in [5.74, 6) is 0. The summed E-state index contributed by atoms with van der Waals surface area (Å²) < 4.78 is 2.27. The molecule has 22 heavy (non-hydrogen) atoms. The summed E-state index contributed by atoms with van der Waals surface area (Å²) in [6.07, 6.45) is 0. The van der Waals surface area contributed by atoms with E-state index in [1.807, 2.05) is 36.4 Å².